The first kappa shape index (κ1) is 13.3. The van der Waals surface area contributed by atoms with Gasteiger partial charge in [-0.25, -0.2) is 12.8 Å². The molecule has 2 rings (SSSR count). The third-order valence-electron chi connectivity index (χ3n) is 3.44. The molecule has 0 atom stereocenters. The number of benzene rings is 1. The molecule has 1 saturated carbocycles. The summed E-state index contributed by atoms with van der Waals surface area (Å²) in [5.41, 5.74) is 6.38. The van der Waals surface area contributed by atoms with Crippen LogP contribution < -0.4 is 5.73 Å². The van der Waals surface area contributed by atoms with Gasteiger partial charge in [0.2, 0.25) is 0 Å². The molecule has 5 heteroatoms. The molecule has 0 bridgehead atoms. The van der Waals surface area contributed by atoms with Crippen molar-refractivity contribution in [1.82, 2.24) is 0 Å². The minimum atomic E-state index is -3.20. The number of hydrogen-bond acceptors (Lipinski definition) is 3. The van der Waals surface area contributed by atoms with Gasteiger partial charge in [-0.15, -0.1) is 0 Å². The van der Waals surface area contributed by atoms with Gasteiger partial charge in [-0.2, -0.15) is 0 Å². The SMILES string of the molecule is Nc1ccc(F)cc1CS(=O)(=O)CC1CCCC1. The van der Waals surface area contributed by atoms with Crippen LogP contribution in [0, 0.1) is 11.7 Å². The molecule has 2 N–H and O–H groups in total. The Morgan fingerprint density at radius 2 is 1.94 bits per heavy atom. The minimum Gasteiger partial charge on any atom is -0.398 e. The van der Waals surface area contributed by atoms with Crippen molar-refractivity contribution in [2.24, 2.45) is 5.92 Å². The molecule has 0 radical (unpaired) electrons. The van der Waals surface area contributed by atoms with Gasteiger partial charge in [0, 0.05) is 5.69 Å². The molecule has 3 nitrogen and oxygen atoms in total. The summed E-state index contributed by atoms with van der Waals surface area (Å²) in [5, 5.41) is 0. The third kappa shape index (κ3) is 3.45. The van der Waals surface area contributed by atoms with Crippen molar-refractivity contribution < 1.29 is 12.8 Å². The largest absolute Gasteiger partial charge is 0.398 e. The Hall–Kier alpha value is -1.10. The molecule has 0 amide bonds. The molecule has 1 aromatic carbocycles. The standard InChI is InChI=1S/C13H18FNO2S/c14-12-5-6-13(15)11(7-12)9-18(16,17)8-10-3-1-2-4-10/h5-7,10H,1-4,8-9,15H2. The fourth-order valence-electron chi connectivity index (χ4n) is 2.53. The van der Waals surface area contributed by atoms with Crippen LogP contribution >= 0.6 is 0 Å². The van der Waals surface area contributed by atoms with Crippen LogP contribution in [0.4, 0.5) is 10.1 Å². The lowest BCUT2D eigenvalue weighted by Gasteiger charge is -2.11. The molecular formula is C13H18FNO2S. The first-order valence-electron chi connectivity index (χ1n) is 6.20. The van der Waals surface area contributed by atoms with Gasteiger partial charge >= 0.3 is 0 Å². The summed E-state index contributed by atoms with van der Waals surface area (Å²) in [7, 11) is -3.20. The maximum absolute atomic E-state index is 13.1. The van der Waals surface area contributed by atoms with Gasteiger partial charge < -0.3 is 5.73 Å². The second kappa shape index (κ2) is 5.26. The average Bonchev–Trinajstić information content (AvgIpc) is 2.75. The predicted octanol–water partition coefficient (Wildman–Crippen LogP) is 2.51. The molecule has 0 heterocycles. The minimum absolute atomic E-state index is 0.160. The number of anilines is 1. The van der Waals surface area contributed by atoms with Gasteiger partial charge in [0.1, 0.15) is 5.82 Å². The molecule has 0 unspecified atom stereocenters. The quantitative estimate of drug-likeness (QED) is 0.856. The maximum atomic E-state index is 13.1. The maximum Gasteiger partial charge on any atom is 0.154 e. The topological polar surface area (TPSA) is 60.2 Å². The number of nitrogen functional groups attached to an aromatic ring is 1. The fraction of sp³-hybridized carbons (Fsp3) is 0.538. The Morgan fingerprint density at radius 1 is 1.28 bits per heavy atom. The average molecular weight is 271 g/mol. The van der Waals surface area contributed by atoms with E-state index >= 15 is 0 Å². The number of halogens is 1. The Bertz CT molecular complexity index is 522. The Kier molecular flexibility index (Phi) is 3.90. The van der Waals surface area contributed by atoms with Crippen LogP contribution in [-0.4, -0.2) is 14.2 Å². The summed E-state index contributed by atoms with van der Waals surface area (Å²) in [4.78, 5) is 0. The number of sulfone groups is 1. The van der Waals surface area contributed by atoms with Gasteiger partial charge in [0.25, 0.3) is 0 Å². The van der Waals surface area contributed by atoms with Crippen molar-refractivity contribution >= 4 is 15.5 Å². The normalized spacial score (nSPS) is 17.2. The lowest BCUT2D eigenvalue weighted by molar-refractivity contribution is 0.558. The van der Waals surface area contributed by atoms with E-state index in [4.69, 9.17) is 5.73 Å². The van der Waals surface area contributed by atoms with E-state index in [0.29, 0.717) is 11.3 Å². The van der Waals surface area contributed by atoms with E-state index < -0.39 is 15.7 Å². The molecule has 100 valence electrons. The van der Waals surface area contributed by atoms with Crippen LogP contribution in [0.3, 0.4) is 0 Å². The summed E-state index contributed by atoms with van der Waals surface area (Å²) in [6.07, 6.45) is 4.19. The van der Waals surface area contributed by atoms with E-state index in [0.717, 1.165) is 25.7 Å². The monoisotopic (exact) mass is 271 g/mol. The fourth-order valence-corrected chi connectivity index (χ4v) is 4.42. The van der Waals surface area contributed by atoms with Crippen LogP contribution in [-0.2, 0) is 15.6 Å². The smallest absolute Gasteiger partial charge is 0.154 e. The van der Waals surface area contributed by atoms with Crippen LogP contribution in [0.25, 0.3) is 0 Å². The highest BCUT2D eigenvalue weighted by atomic mass is 32.2. The molecule has 1 aliphatic carbocycles. The van der Waals surface area contributed by atoms with Gasteiger partial charge in [0.15, 0.2) is 9.84 Å². The molecular weight excluding hydrogens is 253 g/mol. The van der Waals surface area contributed by atoms with Gasteiger partial charge in [-0.1, -0.05) is 12.8 Å². The van der Waals surface area contributed by atoms with Crippen molar-refractivity contribution in [2.75, 3.05) is 11.5 Å². The van der Waals surface area contributed by atoms with E-state index in [9.17, 15) is 12.8 Å². The van der Waals surface area contributed by atoms with Crippen molar-refractivity contribution in [3.8, 4) is 0 Å². The van der Waals surface area contributed by atoms with E-state index in [2.05, 4.69) is 0 Å². The molecule has 0 aliphatic heterocycles. The molecule has 0 saturated heterocycles. The molecule has 0 spiro atoms. The van der Waals surface area contributed by atoms with E-state index in [1.165, 1.54) is 18.2 Å². The Balaban J connectivity index is 2.09. The molecule has 0 aromatic heterocycles. The zero-order valence-electron chi connectivity index (χ0n) is 10.2. The second-order valence-electron chi connectivity index (χ2n) is 5.05. The first-order valence-corrected chi connectivity index (χ1v) is 8.03. The molecule has 1 aliphatic rings. The molecule has 18 heavy (non-hydrogen) atoms. The zero-order chi connectivity index (χ0) is 13.2. The summed E-state index contributed by atoms with van der Waals surface area (Å²) in [5.74, 6) is -0.143. The Morgan fingerprint density at radius 3 is 2.61 bits per heavy atom. The second-order valence-corrected chi connectivity index (χ2v) is 7.16. The third-order valence-corrected chi connectivity index (χ3v) is 5.17. The highest BCUT2D eigenvalue weighted by Crippen LogP contribution is 2.27. The van der Waals surface area contributed by atoms with Crippen molar-refractivity contribution in [3.05, 3.63) is 29.6 Å². The summed E-state index contributed by atoms with van der Waals surface area (Å²) >= 11 is 0. The predicted molar refractivity (Wildman–Crippen MR) is 70.3 cm³/mol. The van der Waals surface area contributed by atoms with Crippen molar-refractivity contribution in [1.29, 1.82) is 0 Å². The van der Waals surface area contributed by atoms with E-state index in [1.807, 2.05) is 0 Å². The van der Waals surface area contributed by atoms with Crippen LogP contribution in [0.2, 0.25) is 0 Å². The zero-order valence-corrected chi connectivity index (χ0v) is 11.0. The van der Waals surface area contributed by atoms with Crippen molar-refractivity contribution in [2.45, 2.75) is 31.4 Å². The van der Waals surface area contributed by atoms with Gasteiger partial charge in [-0.05, 0) is 42.5 Å². The summed E-state index contributed by atoms with van der Waals surface area (Å²) in [6.45, 7) is 0. The van der Waals surface area contributed by atoms with Crippen LogP contribution in [0.1, 0.15) is 31.2 Å². The van der Waals surface area contributed by atoms with Crippen LogP contribution in [0.5, 0.6) is 0 Å². The number of hydrogen-bond donors (Lipinski definition) is 1. The van der Waals surface area contributed by atoms with E-state index in [1.54, 1.807) is 0 Å². The highest BCUT2D eigenvalue weighted by molar-refractivity contribution is 7.90. The summed E-state index contributed by atoms with van der Waals surface area (Å²) in [6, 6.07) is 3.86. The number of rotatable bonds is 4. The molecule has 1 aromatic rings. The first-order chi connectivity index (χ1) is 8.46. The van der Waals surface area contributed by atoms with Crippen LogP contribution in [0.15, 0.2) is 18.2 Å². The Labute approximate surface area is 107 Å². The lowest BCUT2D eigenvalue weighted by Crippen LogP contribution is -2.16. The molecule has 1 fully saturated rings. The summed E-state index contributed by atoms with van der Waals surface area (Å²) < 4.78 is 37.2. The number of nitrogens with two attached hydrogens (primary N) is 1. The highest BCUT2D eigenvalue weighted by Gasteiger charge is 2.23. The lowest BCUT2D eigenvalue weighted by atomic mass is 10.1. The van der Waals surface area contributed by atoms with Gasteiger partial charge in [-0.3, -0.25) is 0 Å². The van der Waals surface area contributed by atoms with Gasteiger partial charge in [0.05, 0.1) is 11.5 Å². The van der Waals surface area contributed by atoms with E-state index in [-0.39, 0.29) is 17.4 Å². The van der Waals surface area contributed by atoms with Crippen molar-refractivity contribution in [3.63, 3.8) is 0 Å².